The van der Waals surface area contributed by atoms with E-state index >= 15 is 0 Å². The van der Waals surface area contributed by atoms with Crippen LogP contribution in [0.2, 0.25) is 0 Å². The average Bonchev–Trinajstić information content (AvgIpc) is 1.89. The molecule has 0 aromatic carbocycles. The Morgan fingerprint density at radius 3 is 2.80 bits per heavy atom. The van der Waals surface area contributed by atoms with Crippen LogP contribution >= 0.6 is 0 Å². The standard InChI is InChI=1S/C6H8N2O2/c1-3-4-8(2)6(10)7-5-9/h3-4H,1-2H3/p+1/b4-3-. The zero-order valence-electron chi connectivity index (χ0n) is 5.90. The lowest BCUT2D eigenvalue weighted by atomic mass is 10.6. The van der Waals surface area contributed by atoms with Crippen molar-refractivity contribution in [2.45, 2.75) is 6.92 Å². The molecule has 0 unspecified atom stereocenters. The molecule has 0 heterocycles. The number of rotatable bonds is 1. The van der Waals surface area contributed by atoms with Gasteiger partial charge in [0.1, 0.15) is 0 Å². The van der Waals surface area contributed by atoms with Gasteiger partial charge in [-0.25, -0.2) is 0 Å². The van der Waals surface area contributed by atoms with Crippen LogP contribution in [0.4, 0.5) is 4.79 Å². The zero-order chi connectivity index (χ0) is 7.98. The maximum absolute atomic E-state index is 10.6. The molecular weight excluding hydrogens is 132 g/mol. The maximum Gasteiger partial charge on any atom is 0.608 e. The van der Waals surface area contributed by atoms with Gasteiger partial charge in [-0.2, -0.15) is 9.69 Å². The molecule has 2 amide bonds. The van der Waals surface area contributed by atoms with Gasteiger partial charge >= 0.3 is 12.3 Å². The van der Waals surface area contributed by atoms with Crippen LogP contribution < -0.4 is 0 Å². The van der Waals surface area contributed by atoms with Crippen LogP contribution in [0.3, 0.4) is 0 Å². The number of amides is 2. The van der Waals surface area contributed by atoms with Crippen LogP contribution in [0.5, 0.6) is 0 Å². The Morgan fingerprint density at radius 2 is 2.40 bits per heavy atom. The van der Waals surface area contributed by atoms with E-state index in [1.54, 1.807) is 13.0 Å². The van der Waals surface area contributed by atoms with E-state index in [4.69, 9.17) is 5.11 Å². The molecule has 10 heavy (non-hydrogen) atoms. The summed E-state index contributed by atoms with van der Waals surface area (Å²) in [6.07, 6.45) is 4.62. The van der Waals surface area contributed by atoms with E-state index in [2.05, 4.69) is 4.85 Å². The number of aliphatic hydroxyl groups excluding tert-OH is 1. The number of hydrogen-bond donors (Lipinski definition) is 1. The first kappa shape index (κ1) is 8.50. The molecule has 0 spiro atoms. The van der Waals surface area contributed by atoms with Crippen LogP contribution in [0.25, 0.3) is 4.85 Å². The Balaban J connectivity index is 4.03. The largest absolute Gasteiger partial charge is 0.608 e. The van der Waals surface area contributed by atoms with E-state index < -0.39 is 6.03 Å². The summed E-state index contributed by atoms with van der Waals surface area (Å²) in [6, 6.07) is -0.555. The average molecular weight is 141 g/mol. The van der Waals surface area contributed by atoms with Gasteiger partial charge in [0.15, 0.2) is 0 Å². The van der Waals surface area contributed by atoms with Gasteiger partial charge in [0.2, 0.25) is 0 Å². The van der Waals surface area contributed by atoms with Crippen molar-refractivity contribution in [1.82, 2.24) is 4.90 Å². The van der Waals surface area contributed by atoms with Gasteiger partial charge in [0, 0.05) is 0 Å². The highest BCUT2D eigenvalue weighted by Gasteiger charge is 2.13. The smallest absolute Gasteiger partial charge is 0.426 e. The minimum atomic E-state index is -0.555. The second-order valence-electron chi connectivity index (χ2n) is 1.59. The van der Waals surface area contributed by atoms with Crippen LogP contribution in [0.1, 0.15) is 6.92 Å². The lowest BCUT2D eigenvalue weighted by Gasteiger charge is -1.91. The molecule has 0 fully saturated rings. The Hall–Kier alpha value is -1.50. The molecule has 0 aliphatic carbocycles. The first-order valence-electron chi connectivity index (χ1n) is 2.71. The number of allylic oxidation sites excluding steroid dienone is 1. The summed E-state index contributed by atoms with van der Waals surface area (Å²) < 4.78 is 0. The van der Waals surface area contributed by atoms with Crippen molar-refractivity contribution >= 4 is 6.03 Å². The predicted molar refractivity (Wildman–Crippen MR) is 37.2 cm³/mol. The maximum atomic E-state index is 10.6. The number of aliphatic hydroxyl groups is 1. The molecule has 0 aliphatic rings. The molecule has 0 bridgehead atoms. The predicted octanol–water partition coefficient (Wildman–Crippen LogP) is 1.23. The minimum Gasteiger partial charge on any atom is -0.426 e. The molecule has 0 radical (unpaired) electrons. The molecule has 1 N–H and O–H groups in total. The van der Waals surface area contributed by atoms with Gasteiger partial charge in [0.25, 0.3) is 0 Å². The zero-order valence-corrected chi connectivity index (χ0v) is 5.90. The molecule has 0 saturated heterocycles. The summed E-state index contributed by atoms with van der Waals surface area (Å²) in [7, 11) is 1.53. The third-order valence-electron chi connectivity index (χ3n) is 0.820. The monoisotopic (exact) mass is 141 g/mol. The fourth-order valence-electron chi connectivity index (χ4n) is 0.409. The van der Waals surface area contributed by atoms with Gasteiger partial charge in [-0.15, -0.1) is 0 Å². The van der Waals surface area contributed by atoms with Crippen molar-refractivity contribution in [3.63, 3.8) is 0 Å². The minimum absolute atomic E-state index is 0.555. The van der Waals surface area contributed by atoms with Crippen molar-refractivity contribution in [2.24, 2.45) is 0 Å². The van der Waals surface area contributed by atoms with E-state index in [9.17, 15) is 4.79 Å². The van der Waals surface area contributed by atoms with Crippen molar-refractivity contribution in [3.8, 4) is 6.26 Å². The summed E-state index contributed by atoms with van der Waals surface area (Å²) in [6.45, 7) is 1.77. The van der Waals surface area contributed by atoms with Gasteiger partial charge in [-0.3, -0.25) is 0 Å². The summed E-state index contributed by atoms with van der Waals surface area (Å²) in [4.78, 5) is 14.8. The van der Waals surface area contributed by atoms with Crippen LogP contribution in [-0.4, -0.2) is 23.1 Å². The summed E-state index contributed by atoms with van der Waals surface area (Å²) in [5.41, 5.74) is 0. The quantitative estimate of drug-likeness (QED) is 0.558. The van der Waals surface area contributed by atoms with Crippen molar-refractivity contribution in [1.29, 1.82) is 0 Å². The number of nitrogens with zero attached hydrogens (tertiary/aromatic N) is 2. The van der Waals surface area contributed by atoms with Crippen molar-refractivity contribution < 1.29 is 9.90 Å². The van der Waals surface area contributed by atoms with E-state index in [0.717, 1.165) is 0 Å². The second-order valence-corrected chi connectivity index (χ2v) is 1.59. The molecule has 0 saturated carbocycles. The summed E-state index contributed by atoms with van der Waals surface area (Å²) in [5, 5.41) is 7.97. The van der Waals surface area contributed by atoms with E-state index in [0.29, 0.717) is 0 Å². The lowest BCUT2D eigenvalue weighted by Crippen LogP contribution is -2.14. The van der Waals surface area contributed by atoms with Gasteiger partial charge in [0.05, 0.1) is 13.2 Å². The van der Waals surface area contributed by atoms with E-state index in [1.807, 2.05) is 0 Å². The Kier molecular flexibility index (Phi) is 3.73. The normalized spacial score (nSPS) is 8.60. The fraction of sp³-hybridized carbons (Fsp3) is 0.333. The number of carbonyl (C=O) groups is 1. The van der Waals surface area contributed by atoms with Gasteiger partial charge in [-0.1, -0.05) is 4.85 Å². The molecule has 0 aromatic rings. The van der Waals surface area contributed by atoms with Gasteiger partial charge < -0.3 is 5.11 Å². The highest BCUT2D eigenvalue weighted by atomic mass is 16.2. The highest BCUT2D eigenvalue weighted by Crippen LogP contribution is 1.88. The molecule has 0 aliphatic heterocycles. The second kappa shape index (κ2) is 4.39. The van der Waals surface area contributed by atoms with Crippen LogP contribution in [0, 0.1) is 6.26 Å². The van der Waals surface area contributed by atoms with Crippen molar-refractivity contribution in [2.75, 3.05) is 7.05 Å². The third-order valence-corrected chi connectivity index (χ3v) is 0.820. The summed E-state index contributed by atoms with van der Waals surface area (Å²) in [5.74, 6) is 0. The first-order valence-corrected chi connectivity index (χ1v) is 2.71. The molecule has 0 rings (SSSR count). The van der Waals surface area contributed by atoms with E-state index in [-0.39, 0.29) is 0 Å². The molecule has 4 heteroatoms. The van der Waals surface area contributed by atoms with Gasteiger partial charge in [-0.05, 0) is 13.0 Å². The Labute approximate surface area is 59.2 Å². The molecule has 0 aromatic heterocycles. The lowest BCUT2D eigenvalue weighted by molar-refractivity contribution is 0.238. The molecule has 0 atom stereocenters. The molecule has 4 nitrogen and oxygen atoms in total. The Morgan fingerprint density at radius 1 is 1.80 bits per heavy atom. The molecular formula is C6H9N2O2+. The van der Waals surface area contributed by atoms with E-state index in [1.165, 1.54) is 24.4 Å². The fourth-order valence-corrected chi connectivity index (χ4v) is 0.409. The first-order chi connectivity index (χ1) is 4.72. The van der Waals surface area contributed by atoms with Crippen LogP contribution in [0.15, 0.2) is 12.3 Å². The Bertz CT molecular complexity index is 200. The number of urea groups is 1. The van der Waals surface area contributed by atoms with Crippen molar-refractivity contribution in [3.05, 3.63) is 17.1 Å². The third kappa shape index (κ3) is 2.72. The highest BCUT2D eigenvalue weighted by molar-refractivity contribution is 5.85. The number of hydrogen-bond acceptors (Lipinski definition) is 2. The SMILES string of the molecule is C/C=C\N(C)C(=O)[N+]#CO. The van der Waals surface area contributed by atoms with Crippen LogP contribution in [-0.2, 0) is 0 Å². The number of carbonyl (C=O) groups excluding carboxylic acids is 1. The summed E-state index contributed by atoms with van der Waals surface area (Å²) >= 11 is 0. The topological polar surface area (TPSA) is 44.9 Å². The molecule has 54 valence electrons.